The highest BCUT2D eigenvalue weighted by atomic mass is 16.5. The van der Waals surface area contributed by atoms with E-state index in [1.54, 1.807) is 6.20 Å². The quantitative estimate of drug-likeness (QED) is 0.601. The van der Waals surface area contributed by atoms with Crippen LogP contribution in [-0.4, -0.2) is 4.98 Å². The van der Waals surface area contributed by atoms with Crippen molar-refractivity contribution in [2.75, 3.05) is 0 Å². The molecule has 0 amide bonds. The van der Waals surface area contributed by atoms with Crippen molar-refractivity contribution in [1.82, 2.24) is 4.98 Å². The van der Waals surface area contributed by atoms with Gasteiger partial charge in [0.05, 0.1) is 5.69 Å². The van der Waals surface area contributed by atoms with E-state index in [0.29, 0.717) is 0 Å². The Labute approximate surface area is 132 Å². The molecule has 2 heteroatoms. The largest absolute Gasteiger partial charge is 0.456 e. The summed E-state index contributed by atoms with van der Waals surface area (Å²) in [6.07, 6.45) is 1.80. The molecule has 0 saturated heterocycles. The summed E-state index contributed by atoms with van der Waals surface area (Å²) in [4.78, 5) is 4.41. The van der Waals surface area contributed by atoms with E-state index < -0.39 is 0 Å². The zero-order valence-corrected chi connectivity index (χ0v) is 13.3. The Morgan fingerprint density at radius 1 is 0.773 bits per heavy atom. The Hall–Kier alpha value is -2.61. The highest BCUT2D eigenvalue weighted by Crippen LogP contribution is 2.34. The number of para-hydroxylation sites is 2. The van der Waals surface area contributed by atoms with Gasteiger partial charge >= 0.3 is 0 Å². The summed E-state index contributed by atoms with van der Waals surface area (Å²) < 4.78 is 6.05. The lowest BCUT2D eigenvalue weighted by molar-refractivity contribution is 0.480. The molecule has 0 fully saturated rings. The summed E-state index contributed by atoms with van der Waals surface area (Å²) in [6.45, 7) is 6.05. The molecule has 3 rings (SSSR count). The Morgan fingerprint density at radius 2 is 1.50 bits per heavy atom. The van der Waals surface area contributed by atoms with E-state index in [1.165, 1.54) is 0 Å². The first kappa shape index (κ1) is 15.8. The molecular weight excluding hydrogens is 270 g/mol. The predicted molar refractivity (Wildman–Crippen MR) is 92.3 cm³/mol. The molecule has 0 unspecified atom stereocenters. The lowest BCUT2D eigenvalue weighted by Gasteiger charge is -2.13. The molecule has 0 aliphatic heterocycles. The molecule has 1 aromatic heterocycles. The molecule has 0 bridgehead atoms. The number of aromatic nitrogens is 1. The Bertz CT molecular complexity index is 693. The van der Waals surface area contributed by atoms with E-state index in [2.05, 4.69) is 4.98 Å². The second kappa shape index (κ2) is 7.99. The van der Waals surface area contributed by atoms with Crippen LogP contribution in [0.25, 0.3) is 11.3 Å². The maximum atomic E-state index is 6.05. The second-order valence-corrected chi connectivity index (χ2v) is 4.58. The summed E-state index contributed by atoms with van der Waals surface area (Å²) in [6, 6.07) is 21.8. The molecule has 0 radical (unpaired) electrons. The average Bonchev–Trinajstić information content (AvgIpc) is 2.60. The van der Waals surface area contributed by atoms with Gasteiger partial charge in [0.15, 0.2) is 0 Å². The van der Waals surface area contributed by atoms with Gasteiger partial charge in [-0.15, -0.1) is 0 Å². The van der Waals surface area contributed by atoms with Gasteiger partial charge in [-0.2, -0.15) is 0 Å². The van der Waals surface area contributed by atoms with Crippen molar-refractivity contribution in [3.63, 3.8) is 0 Å². The zero-order valence-electron chi connectivity index (χ0n) is 13.3. The van der Waals surface area contributed by atoms with Crippen LogP contribution in [0.2, 0.25) is 0 Å². The van der Waals surface area contributed by atoms with Gasteiger partial charge in [-0.3, -0.25) is 4.98 Å². The SMILES string of the molecule is CC.Cc1cccc(-c2ccccn2)c1Oc1ccccc1. The highest BCUT2D eigenvalue weighted by molar-refractivity contribution is 5.69. The summed E-state index contributed by atoms with van der Waals surface area (Å²) >= 11 is 0. The van der Waals surface area contributed by atoms with E-state index in [-0.39, 0.29) is 0 Å². The minimum absolute atomic E-state index is 0.832. The van der Waals surface area contributed by atoms with Gasteiger partial charge in [0.2, 0.25) is 0 Å². The van der Waals surface area contributed by atoms with Gasteiger partial charge in [-0.25, -0.2) is 0 Å². The number of rotatable bonds is 3. The molecule has 0 aliphatic carbocycles. The summed E-state index contributed by atoms with van der Waals surface area (Å²) in [5.74, 6) is 1.69. The number of nitrogens with zero attached hydrogens (tertiary/aromatic N) is 1. The number of aryl methyl sites for hydroxylation is 1. The minimum Gasteiger partial charge on any atom is -0.456 e. The number of benzene rings is 2. The molecule has 22 heavy (non-hydrogen) atoms. The van der Waals surface area contributed by atoms with Crippen LogP contribution in [0.3, 0.4) is 0 Å². The number of hydrogen-bond donors (Lipinski definition) is 0. The zero-order chi connectivity index (χ0) is 15.8. The summed E-state index contributed by atoms with van der Waals surface area (Å²) in [5, 5.41) is 0. The van der Waals surface area contributed by atoms with E-state index in [9.17, 15) is 0 Å². The first-order valence-electron chi connectivity index (χ1n) is 7.58. The van der Waals surface area contributed by atoms with Crippen LogP contribution >= 0.6 is 0 Å². The van der Waals surface area contributed by atoms with Gasteiger partial charge in [-0.1, -0.05) is 50.2 Å². The molecule has 0 N–H and O–H groups in total. The van der Waals surface area contributed by atoms with Crippen molar-refractivity contribution in [2.24, 2.45) is 0 Å². The highest BCUT2D eigenvalue weighted by Gasteiger charge is 2.10. The van der Waals surface area contributed by atoms with Crippen molar-refractivity contribution >= 4 is 0 Å². The lowest BCUT2D eigenvalue weighted by atomic mass is 10.1. The van der Waals surface area contributed by atoms with E-state index in [4.69, 9.17) is 4.74 Å². The molecule has 2 aromatic carbocycles. The molecule has 0 spiro atoms. The molecule has 2 nitrogen and oxygen atoms in total. The molecular formula is C20H21NO. The molecule has 0 aliphatic rings. The van der Waals surface area contributed by atoms with Crippen LogP contribution in [0.1, 0.15) is 19.4 Å². The van der Waals surface area contributed by atoms with Crippen molar-refractivity contribution in [3.05, 3.63) is 78.5 Å². The van der Waals surface area contributed by atoms with Crippen LogP contribution in [0.5, 0.6) is 11.5 Å². The predicted octanol–water partition coefficient (Wildman–Crippen LogP) is 5.88. The summed E-state index contributed by atoms with van der Waals surface area (Å²) in [7, 11) is 0. The fraction of sp³-hybridized carbons (Fsp3) is 0.150. The summed E-state index contributed by atoms with van der Waals surface area (Å²) in [5.41, 5.74) is 3.02. The van der Waals surface area contributed by atoms with E-state index >= 15 is 0 Å². The lowest BCUT2D eigenvalue weighted by Crippen LogP contribution is -1.92. The van der Waals surface area contributed by atoms with Gasteiger partial charge in [0.25, 0.3) is 0 Å². The molecule has 112 valence electrons. The molecule has 0 saturated carbocycles. The van der Waals surface area contributed by atoms with Crippen molar-refractivity contribution in [3.8, 4) is 22.8 Å². The van der Waals surface area contributed by atoms with Crippen LogP contribution in [0.15, 0.2) is 72.9 Å². The smallest absolute Gasteiger partial charge is 0.139 e. The Kier molecular flexibility index (Phi) is 5.73. The minimum atomic E-state index is 0.832. The number of hydrogen-bond acceptors (Lipinski definition) is 2. The van der Waals surface area contributed by atoms with Gasteiger partial charge in [0, 0.05) is 11.8 Å². The standard InChI is InChI=1S/C18H15NO.C2H6/c1-14-8-7-11-16(17-12-5-6-13-19-17)18(14)20-15-9-3-2-4-10-15;1-2/h2-13H,1H3;1-2H3. The van der Waals surface area contributed by atoms with Crippen LogP contribution in [0.4, 0.5) is 0 Å². The van der Waals surface area contributed by atoms with Gasteiger partial charge in [0.1, 0.15) is 11.5 Å². The monoisotopic (exact) mass is 291 g/mol. The molecule has 0 atom stereocenters. The third-order valence-corrected chi connectivity index (χ3v) is 3.12. The topological polar surface area (TPSA) is 22.1 Å². The van der Waals surface area contributed by atoms with Crippen LogP contribution in [-0.2, 0) is 0 Å². The van der Waals surface area contributed by atoms with Crippen molar-refractivity contribution < 1.29 is 4.74 Å². The first-order valence-corrected chi connectivity index (χ1v) is 7.58. The van der Waals surface area contributed by atoms with E-state index in [1.807, 2.05) is 87.5 Å². The third kappa shape index (κ3) is 3.73. The maximum Gasteiger partial charge on any atom is 0.139 e. The average molecular weight is 291 g/mol. The Morgan fingerprint density at radius 3 is 2.18 bits per heavy atom. The number of ether oxygens (including phenoxy) is 1. The van der Waals surface area contributed by atoms with E-state index in [0.717, 1.165) is 28.3 Å². The normalized spacial score (nSPS) is 9.59. The number of pyridine rings is 1. The Balaban J connectivity index is 0.000000847. The first-order chi connectivity index (χ1) is 10.8. The van der Waals surface area contributed by atoms with Gasteiger partial charge < -0.3 is 4.74 Å². The maximum absolute atomic E-state index is 6.05. The fourth-order valence-electron chi connectivity index (χ4n) is 2.12. The fourth-order valence-corrected chi connectivity index (χ4v) is 2.12. The van der Waals surface area contributed by atoms with Crippen molar-refractivity contribution in [2.45, 2.75) is 20.8 Å². The van der Waals surface area contributed by atoms with Crippen molar-refractivity contribution in [1.29, 1.82) is 0 Å². The molecule has 3 aromatic rings. The van der Waals surface area contributed by atoms with Crippen LogP contribution in [0, 0.1) is 6.92 Å². The molecule has 1 heterocycles. The van der Waals surface area contributed by atoms with Gasteiger partial charge in [-0.05, 0) is 42.8 Å². The van der Waals surface area contributed by atoms with Crippen LogP contribution < -0.4 is 4.74 Å². The second-order valence-electron chi connectivity index (χ2n) is 4.58. The third-order valence-electron chi connectivity index (χ3n) is 3.12.